The van der Waals surface area contributed by atoms with E-state index in [9.17, 15) is 4.79 Å². The van der Waals surface area contributed by atoms with Crippen molar-refractivity contribution in [1.29, 1.82) is 0 Å². The second-order valence-electron chi connectivity index (χ2n) is 5.58. The van der Waals surface area contributed by atoms with Crippen LogP contribution in [0.5, 0.6) is 0 Å². The van der Waals surface area contributed by atoms with Crippen LogP contribution in [0.2, 0.25) is 0 Å². The van der Waals surface area contributed by atoms with Crippen LogP contribution < -0.4 is 16.1 Å². The van der Waals surface area contributed by atoms with Gasteiger partial charge in [-0.2, -0.15) is 0 Å². The Balaban J connectivity index is 2.50. The molecule has 0 atom stereocenters. The fraction of sp³-hybridized carbons (Fsp3) is 0.105. The van der Waals surface area contributed by atoms with Crippen LogP contribution in [0.4, 0.5) is 5.69 Å². The van der Waals surface area contributed by atoms with Crippen molar-refractivity contribution in [3.63, 3.8) is 0 Å². The third-order valence-corrected chi connectivity index (χ3v) is 4.53. The normalized spacial score (nSPS) is 11.5. The number of fused-ring (bicyclic) bond motifs is 2. The molecular formula is C19H16N2O. The number of hydrogen-bond acceptors (Lipinski definition) is 2. The molecule has 0 bridgehead atoms. The van der Waals surface area contributed by atoms with E-state index < -0.39 is 0 Å². The average molecular weight is 288 g/mol. The van der Waals surface area contributed by atoms with E-state index in [0.29, 0.717) is 0 Å². The van der Waals surface area contributed by atoms with E-state index in [-0.39, 0.29) is 5.43 Å². The lowest BCUT2D eigenvalue weighted by atomic mass is 9.89. The summed E-state index contributed by atoms with van der Waals surface area (Å²) in [5.74, 6) is 0. The monoisotopic (exact) mass is 288 g/mol. The molecule has 3 nitrogen and oxygen atoms in total. The molecule has 0 saturated carbocycles. The molecule has 0 saturated heterocycles. The summed E-state index contributed by atoms with van der Waals surface area (Å²) in [5.41, 5.74) is 4.17. The average Bonchev–Trinajstić information content (AvgIpc) is 2.56. The minimum Gasteiger partial charge on any atom is -0.386 e. The molecule has 0 unspecified atom stereocenters. The van der Waals surface area contributed by atoms with Gasteiger partial charge in [0.15, 0.2) is 5.43 Å². The molecule has 1 N–H and O–H groups in total. The van der Waals surface area contributed by atoms with Crippen molar-refractivity contribution in [2.45, 2.75) is 0 Å². The Morgan fingerprint density at radius 3 is 2.36 bits per heavy atom. The Morgan fingerprint density at radius 2 is 1.64 bits per heavy atom. The second-order valence-corrected chi connectivity index (χ2v) is 5.58. The highest BCUT2D eigenvalue weighted by atomic mass is 16.1. The van der Waals surface area contributed by atoms with Crippen molar-refractivity contribution in [1.82, 2.24) is 4.57 Å². The lowest BCUT2D eigenvalue weighted by Crippen LogP contribution is -2.23. The van der Waals surface area contributed by atoms with Crippen molar-refractivity contribution in [3.05, 3.63) is 58.0 Å². The molecule has 1 aliphatic carbocycles. The summed E-state index contributed by atoms with van der Waals surface area (Å²) in [6.07, 6.45) is 0. The fourth-order valence-electron chi connectivity index (χ4n) is 3.44. The van der Waals surface area contributed by atoms with Gasteiger partial charge in [0.1, 0.15) is 0 Å². The van der Waals surface area contributed by atoms with Crippen LogP contribution in [0, 0.1) is 0 Å². The molecule has 0 fully saturated rings. The highest BCUT2D eigenvalue weighted by molar-refractivity contribution is 6.14. The van der Waals surface area contributed by atoms with E-state index in [0.717, 1.165) is 43.8 Å². The minimum atomic E-state index is 0.0903. The molecule has 4 rings (SSSR count). The first-order valence-electron chi connectivity index (χ1n) is 7.27. The Kier molecular flexibility index (Phi) is 2.54. The zero-order valence-corrected chi connectivity index (χ0v) is 12.6. The molecule has 0 amide bonds. The third-order valence-electron chi connectivity index (χ3n) is 4.53. The predicted octanol–water partition coefficient (Wildman–Crippen LogP) is 2.97. The molecule has 0 spiro atoms. The smallest absolute Gasteiger partial charge is 0.194 e. The lowest BCUT2D eigenvalue weighted by molar-refractivity contribution is 0.914. The van der Waals surface area contributed by atoms with Crippen molar-refractivity contribution in [3.8, 4) is 11.1 Å². The Morgan fingerprint density at radius 1 is 0.955 bits per heavy atom. The van der Waals surface area contributed by atoms with Crippen LogP contribution in [-0.2, 0) is 7.05 Å². The van der Waals surface area contributed by atoms with E-state index in [1.165, 1.54) is 0 Å². The Labute approximate surface area is 127 Å². The highest BCUT2D eigenvalue weighted by Crippen LogP contribution is 2.39. The molecule has 2 aliphatic rings. The number of nitrogens with zero attached hydrogens (tertiary/aromatic N) is 1. The molecule has 3 heteroatoms. The first-order valence-corrected chi connectivity index (χ1v) is 7.27. The van der Waals surface area contributed by atoms with Gasteiger partial charge in [-0.3, -0.25) is 4.79 Å². The minimum absolute atomic E-state index is 0.0903. The van der Waals surface area contributed by atoms with Gasteiger partial charge in [-0.05, 0) is 11.5 Å². The van der Waals surface area contributed by atoms with Gasteiger partial charge in [0, 0.05) is 41.5 Å². The molecule has 108 valence electrons. The van der Waals surface area contributed by atoms with Gasteiger partial charge in [0.25, 0.3) is 0 Å². The topological polar surface area (TPSA) is 34.0 Å². The largest absolute Gasteiger partial charge is 0.386 e. The first-order chi connectivity index (χ1) is 10.6. The molecule has 0 radical (unpaired) electrons. The van der Waals surface area contributed by atoms with Gasteiger partial charge >= 0.3 is 0 Å². The molecule has 22 heavy (non-hydrogen) atoms. The van der Waals surface area contributed by atoms with E-state index >= 15 is 0 Å². The second kappa shape index (κ2) is 4.34. The van der Waals surface area contributed by atoms with Crippen LogP contribution in [0.1, 0.15) is 0 Å². The number of aromatic nitrogens is 1. The summed E-state index contributed by atoms with van der Waals surface area (Å²) >= 11 is 0. The quantitative estimate of drug-likeness (QED) is 0.431. The number of pyridine rings is 1. The van der Waals surface area contributed by atoms with Gasteiger partial charge in [-0.1, -0.05) is 43.0 Å². The number of anilines is 1. The summed E-state index contributed by atoms with van der Waals surface area (Å²) < 4.78 is 2.04. The zero-order valence-electron chi connectivity index (χ0n) is 12.6. The summed E-state index contributed by atoms with van der Waals surface area (Å²) in [6.45, 7) is 4.21. The SMILES string of the molecule is C=c1c(NC)c2c3ccccc3c(=O)c3cccc(c3-2)n1C. The van der Waals surface area contributed by atoms with Crippen LogP contribution in [-0.4, -0.2) is 11.6 Å². The van der Waals surface area contributed by atoms with Gasteiger partial charge in [0.05, 0.1) is 11.0 Å². The summed E-state index contributed by atoms with van der Waals surface area (Å²) in [7, 11) is 3.88. The first kappa shape index (κ1) is 12.9. The summed E-state index contributed by atoms with van der Waals surface area (Å²) in [4.78, 5) is 12.8. The number of nitrogens with one attached hydrogen (secondary N) is 1. The standard InChI is InChI=1S/C19H16N2O/c1-11-18(20-2)17-12-7-4-5-8-13(12)19(22)14-9-6-10-15(16(14)17)21(11)3/h4-10,20H,1H2,2-3H3. The Bertz CT molecular complexity index is 1110. The molecule has 1 aliphatic heterocycles. The molecule has 0 aromatic heterocycles. The molecule has 2 aromatic carbocycles. The maximum Gasteiger partial charge on any atom is 0.194 e. The van der Waals surface area contributed by atoms with Crippen LogP contribution in [0.25, 0.3) is 39.4 Å². The zero-order chi connectivity index (χ0) is 15.4. The van der Waals surface area contributed by atoms with Crippen molar-refractivity contribution >= 4 is 33.9 Å². The molecule has 1 heterocycles. The number of benzene rings is 3. The highest BCUT2D eigenvalue weighted by Gasteiger charge is 2.21. The number of rotatable bonds is 1. The van der Waals surface area contributed by atoms with Gasteiger partial charge in [0.2, 0.25) is 0 Å². The van der Waals surface area contributed by atoms with Gasteiger partial charge in [-0.15, -0.1) is 0 Å². The van der Waals surface area contributed by atoms with Gasteiger partial charge < -0.3 is 9.88 Å². The van der Waals surface area contributed by atoms with Crippen LogP contribution >= 0.6 is 0 Å². The molecule has 2 aromatic rings. The molecular weight excluding hydrogens is 272 g/mol. The van der Waals surface area contributed by atoms with E-state index in [1.807, 2.05) is 61.1 Å². The van der Waals surface area contributed by atoms with Crippen molar-refractivity contribution in [2.24, 2.45) is 7.05 Å². The predicted molar refractivity (Wildman–Crippen MR) is 93.6 cm³/mol. The van der Waals surface area contributed by atoms with Crippen molar-refractivity contribution in [2.75, 3.05) is 12.4 Å². The summed E-state index contributed by atoms with van der Waals surface area (Å²) in [5, 5.41) is 6.68. The summed E-state index contributed by atoms with van der Waals surface area (Å²) in [6, 6.07) is 13.7. The van der Waals surface area contributed by atoms with E-state index in [2.05, 4.69) is 11.9 Å². The number of hydrogen-bond donors (Lipinski definition) is 1. The van der Waals surface area contributed by atoms with Gasteiger partial charge in [-0.25, -0.2) is 0 Å². The maximum atomic E-state index is 12.8. The van der Waals surface area contributed by atoms with E-state index in [1.54, 1.807) is 0 Å². The van der Waals surface area contributed by atoms with E-state index in [4.69, 9.17) is 0 Å². The lowest BCUT2D eigenvalue weighted by Gasteiger charge is -2.22. The third kappa shape index (κ3) is 1.43. The fourth-order valence-corrected chi connectivity index (χ4v) is 3.44. The maximum absolute atomic E-state index is 12.8. The van der Waals surface area contributed by atoms with Crippen molar-refractivity contribution < 1.29 is 0 Å². The van der Waals surface area contributed by atoms with Crippen LogP contribution in [0.15, 0.2) is 47.3 Å². The number of aryl methyl sites for hydroxylation is 1. The van der Waals surface area contributed by atoms with Crippen LogP contribution in [0.3, 0.4) is 0 Å². The Hall–Kier alpha value is -2.81.